The van der Waals surface area contributed by atoms with Gasteiger partial charge in [0.15, 0.2) is 18.2 Å². The van der Waals surface area contributed by atoms with Crippen molar-refractivity contribution in [3.05, 3.63) is 66.0 Å². The fraction of sp³-hybridized carbons (Fsp3) is 0.333. The van der Waals surface area contributed by atoms with Crippen molar-refractivity contribution in [2.75, 3.05) is 19.7 Å². The van der Waals surface area contributed by atoms with E-state index in [2.05, 4.69) is 5.32 Å². The molecular formula is C21H25FN2O3. The number of likely N-dealkylation sites (N-methyl/N-ethyl adjacent to an activating group) is 1. The van der Waals surface area contributed by atoms with Crippen LogP contribution in [0.5, 0.6) is 5.75 Å². The van der Waals surface area contributed by atoms with E-state index in [1.807, 2.05) is 37.3 Å². The summed E-state index contributed by atoms with van der Waals surface area (Å²) in [4.78, 5) is 26.4. The molecule has 0 aromatic heterocycles. The molecule has 6 heteroatoms. The third-order valence-electron chi connectivity index (χ3n) is 4.19. The number of rotatable bonds is 9. The molecule has 0 bridgehead atoms. The number of hydrogen-bond donors (Lipinski definition) is 1. The molecule has 0 heterocycles. The van der Waals surface area contributed by atoms with E-state index >= 15 is 0 Å². The minimum atomic E-state index is -0.648. The first kappa shape index (κ1) is 20.4. The molecule has 0 aliphatic carbocycles. The smallest absolute Gasteiger partial charge is 0.261 e. The normalized spacial score (nSPS) is 11.5. The lowest BCUT2D eigenvalue weighted by molar-refractivity contribution is -0.141. The second-order valence-corrected chi connectivity index (χ2v) is 6.11. The summed E-state index contributed by atoms with van der Waals surface area (Å²) in [6, 6.07) is 15.0. The van der Waals surface area contributed by atoms with Crippen molar-refractivity contribution in [2.45, 2.75) is 26.3 Å². The Kier molecular flexibility index (Phi) is 7.79. The highest BCUT2D eigenvalue weighted by atomic mass is 19.1. The van der Waals surface area contributed by atoms with Gasteiger partial charge in [0.05, 0.1) is 0 Å². The maximum atomic E-state index is 13.7. The Hall–Kier alpha value is -2.89. The lowest BCUT2D eigenvalue weighted by Crippen LogP contribution is -2.50. The number of nitrogens with zero attached hydrogens (tertiary/aromatic N) is 1. The van der Waals surface area contributed by atoms with E-state index in [0.29, 0.717) is 19.5 Å². The summed E-state index contributed by atoms with van der Waals surface area (Å²) >= 11 is 0. The second kappa shape index (κ2) is 10.3. The van der Waals surface area contributed by atoms with Crippen LogP contribution < -0.4 is 10.1 Å². The van der Waals surface area contributed by atoms with Crippen LogP contribution in [0.15, 0.2) is 54.6 Å². The van der Waals surface area contributed by atoms with Crippen molar-refractivity contribution in [3.63, 3.8) is 0 Å². The summed E-state index contributed by atoms with van der Waals surface area (Å²) in [5.41, 5.74) is 1.06. The highest BCUT2D eigenvalue weighted by Crippen LogP contribution is 2.16. The molecule has 2 rings (SSSR count). The van der Waals surface area contributed by atoms with Crippen molar-refractivity contribution in [1.82, 2.24) is 10.2 Å². The van der Waals surface area contributed by atoms with Gasteiger partial charge in [-0.1, -0.05) is 42.5 Å². The van der Waals surface area contributed by atoms with Crippen molar-refractivity contribution >= 4 is 11.8 Å². The van der Waals surface area contributed by atoms with Gasteiger partial charge in [0.2, 0.25) is 5.91 Å². The Morgan fingerprint density at radius 3 is 2.44 bits per heavy atom. The average Bonchev–Trinajstić information content (AvgIpc) is 2.68. The van der Waals surface area contributed by atoms with Crippen LogP contribution in [0.3, 0.4) is 0 Å². The zero-order valence-electron chi connectivity index (χ0n) is 15.7. The van der Waals surface area contributed by atoms with Crippen LogP contribution in [0.1, 0.15) is 19.4 Å². The summed E-state index contributed by atoms with van der Waals surface area (Å²) < 4.78 is 19.0. The minimum absolute atomic E-state index is 0.0134. The van der Waals surface area contributed by atoms with Crippen LogP contribution in [0.2, 0.25) is 0 Å². The molecule has 0 saturated heterocycles. The van der Waals surface area contributed by atoms with Crippen molar-refractivity contribution in [1.29, 1.82) is 0 Å². The zero-order chi connectivity index (χ0) is 19.6. The van der Waals surface area contributed by atoms with Gasteiger partial charge in [-0.15, -0.1) is 0 Å². The number of halogens is 1. The van der Waals surface area contributed by atoms with Gasteiger partial charge in [-0.25, -0.2) is 4.39 Å². The van der Waals surface area contributed by atoms with Crippen LogP contribution in [-0.4, -0.2) is 42.5 Å². The summed E-state index contributed by atoms with van der Waals surface area (Å²) in [6.07, 6.45) is 0.607. The predicted molar refractivity (Wildman–Crippen MR) is 102 cm³/mol. The highest BCUT2D eigenvalue weighted by molar-refractivity contribution is 5.87. The fourth-order valence-corrected chi connectivity index (χ4v) is 2.68. The number of para-hydroxylation sites is 1. The van der Waals surface area contributed by atoms with E-state index in [9.17, 15) is 14.0 Å². The molecule has 2 aromatic rings. The molecule has 0 saturated carbocycles. The largest absolute Gasteiger partial charge is 0.481 e. The highest BCUT2D eigenvalue weighted by Gasteiger charge is 2.25. The molecule has 1 atom stereocenters. The predicted octanol–water partition coefficient (Wildman–Crippen LogP) is 2.80. The first-order valence-electron chi connectivity index (χ1n) is 9.01. The first-order valence-corrected chi connectivity index (χ1v) is 9.01. The minimum Gasteiger partial charge on any atom is -0.481 e. The van der Waals surface area contributed by atoms with Gasteiger partial charge < -0.3 is 15.0 Å². The molecule has 0 spiro atoms. The molecule has 144 valence electrons. The summed E-state index contributed by atoms with van der Waals surface area (Å²) in [5, 5.41) is 2.73. The van der Waals surface area contributed by atoms with Gasteiger partial charge in [-0.3, -0.25) is 9.59 Å². The quantitative estimate of drug-likeness (QED) is 0.736. The fourth-order valence-electron chi connectivity index (χ4n) is 2.68. The maximum absolute atomic E-state index is 13.7. The topological polar surface area (TPSA) is 58.6 Å². The number of carbonyl (C=O) groups is 2. The molecule has 0 fully saturated rings. The summed E-state index contributed by atoms with van der Waals surface area (Å²) in [6.45, 7) is 4.01. The summed E-state index contributed by atoms with van der Waals surface area (Å²) in [7, 11) is 0. The Morgan fingerprint density at radius 1 is 1.11 bits per heavy atom. The Labute approximate surface area is 159 Å². The van der Waals surface area contributed by atoms with Gasteiger partial charge in [0.1, 0.15) is 6.04 Å². The lowest BCUT2D eigenvalue weighted by atomic mass is 10.1. The molecule has 5 nitrogen and oxygen atoms in total. The summed E-state index contributed by atoms with van der Waals surface area (Å²) in [5.74, 6) is -1.12. The third kappa shape index (κ3) is 6.09. The Morgan fingerprint density at radius 2 is 1.78 bits per heavy atom. The van der Waals surface area contributed by atoms with Crippen LogP contribution >= 0.6 is 0 Å². The molecule has 2 amide bonds. The van der Waals surface area contributed by atoms with Gasteiger partial charge in [0.25, 0.3) is 5.91 Å². The molecule has 1 unspecified atom stereocenters. The molecule has 0 aliphatic heterocycles. The van der Waals surface area contributed by atoms with Gasteiger partial charge >= 0.3 is 0 Å². The van der Waals surface area contributed by atoms with Crippen LogP contribution in [-0.2, 0) is 16.0 Å². The van der Waals surface area contributed by atoms with Crippen molar-refractivity contribution in [2.24, 2.45) is 0 Å². The molecule has 1 N–H and O–H groups in total. The number of carbonyl (C=O) groups excluding carboxylic acids is 2. The first-order chi connectivity index (χ1) is 13.0. The number of nitrogens with one attached hydrogen (secondary N) is 1. The third-order valence-corrected chi connectivity index (χ3v) is 4.19. The number of amides is 2. The number of ether oxygens (including phenoxy) is 1. The van der Waals surface area contributed by atoms with E-state index in [1.165, 1.54) is 17.0 Å². The lowest BCUT2D eigenvalue weighted by Gasteiger charge is -2.28. The van der Waals surface area contributed by atoms with E-state index in [-0.39, 0.29) is 24.2 Å². The van der Waals surface area contributed by atoms with Crippen LogP contribution in [0, 0.1) is 5.82 Å². The zero-order valence-corrected chi connectivity index (χ0v) is 15.7. The maximum Gasteiger partial charge on any atom is 0.261 e. The molecular weight excluding hydrogens is 347 g/mol. The monoisotopic (exact) mass is 372 g/mol. The van der Waals surface area contributed by atoms with Crippen molar-refractivity contribution < 1.29 is 18.7 Å². The SMILES string of the molecule is CCNC(=O)C(C)N(CCc1ccccc1)C(=O)COc1ccccc1F. The van der Waals surface area contributed by atoms with E-state index in [0.717, 1.165) is 5.56 Å². The average molecular weight is 372 g/mol. The van der Waals surface area contributed by atoms with Crippen LogP contribution in [0.25, 0.3) is 0 Å². The van der Waals surface area contributed by atoms with Crippen molar-refractivity contribution in [3.8, 4) is 5.75 Å². The van der Waals surface area contributed by atoms with E-state index in [4.69, 9.17) is 4.74 Å². The number of hydrogen-bond acceptors (Lipinski definition) is 3. The van der Waals surface area contributed by atoms with E-state index in [1.54, 1.807) is 19.1 Å². The van der Waals surface area contributed by atoms with Crippen LogP contribution in [0.4, 0.5) is 4.39 Å². The van der Waals surface area contributed by atoms with E-state index < -0.39 is 11.9 Å². The standard InChI is InChI=1S/C21H25FN2O3/c1-3-23-21(26)16(2)24(14-13-17-9-5-4-6-10-17)20(25)15-27-19-12-8-7-11-18(19)22/h4-12,16H,3,13-15H2,1-2H3,(H,23,26). The molecule has 27 heavy (non-hydrogen) atoms. The molecule has 0 aliphatic rings. The number of benzene rings is 2. The Bertz CT molecular complexity index is 752. The molecule has 0 radical (unpaired) electrons. The second-order valence-electron chi connectivity index (χ2n) is 6.11. The Balaban J connectivity index is 2.06. The van der Waals surface area contributed by atoms with Gasteiger partial charge in [-0.2, -0.15) is 0 Å². The van der Waals surface area contributed by atoms with Gasteiger partial charge in [-0.05, 0) is 38.0 Å². The van der Waals surface area contributed by atoms with Gasteiger partial charge in [0, 0.05) is 13.1 Å². The molecule has 2 aromatic carbocycles.